The van der Waals surface area contributed by atoms with Crippen molar-refractivity contribution >= 4 is 23.3 Å². The van der Waals surface area contributed by atoms with Gasteiger partial charge in [0.15, 0.2) is 11.5 Å². The number of esters is 1. The normalized spacial score (nSPS) is 12.9. The molecule has 0 unspecified atom stereocenters. The summed E-state index contributed by atoms with van der Waals surface area (Å²) in [6.45, 7) is -0.138. The summed E-state index contributed by atoms with van der Waals surface area (Å²) in [7, 11) is 5.61. The number of benzene rings is 1. The Bertz CT molecular complexity index is 700. The van der Waals surface area contributed by atoms with Gasteiger partial charge in [-0.3, -0.25) is 19.3 Å². The van der Waals surface area contributed by atoms with Crippen LogP contribution in [0.1, 0.15) is 10.4 Å². The second-order valence-corrected chi connectivity index (χ2v) is 4.97. The van der Waals surface area contributed by atoms with Crippen LogP contribution in [0.25, 0.3) is 0 Å². The summed E-state index contributed by atoms with van der Waals surface area (Å²) in [5, 5.41) is 0. The van der Waals surface area contributed by atoms with Crippen molar-refractivity contribution in [3.63, 3.8) is 0 Å². The molecular weight excluding hydrogens is 334 g/mol. The molecule has 136 valence electrons. The number of carbonyl (C=O) groups excluding carboxylic acids is 3. The second-order valence-electron chi connectivity index (χ2n) is 4.97. The maximum atomic E-state index is 12.4. The van der Waals surface area contributed by atoms with Crippen LogP contribution < -0.4 is 19.1 Å². The predicted molar refractivity (Wildman–Crippen MR) is 85.6 cm³/mol. The molecule has 1 aromatic carbocycles. The Morgan fingerprint density at radius 1 is 1.00 bits per heavy atom. The third-order valence-corrected chi connectivity index (χ3v) is 3.60. The van der Waals surface area contributed by atoms with E-state index in [-0.39, 0.29) is 41.7 Å². The minimum Gasteiger partial charge on any atom is -0.493 e. The molecule has 0 fully saturated rings. The van der Waals surface area contributed by atoms with Gasteiger partial charge < -0.3 is 23.7 Å². The van der Waals surface area contributed by atoms with Crippen molar-refractivity contribution in [1.82, 2.24) is 0 Å². The quantitative estimate of drug-likeness (QED) is 0.377. The van der Waals surface area contributed by atoms with E-state index in [1.807, 2.05) is 0 Å². The Balaban J connectivity index is 2.40. The Labute approximate surface area is 144 Å². The van der Waals surface area contributed by atoms with Gasteiger partial charge in [-0.15, -0.1) is 0 Å². The lowest BCUT2D eigenvalue weighted by Gasteiger charge is -2.19. The second kappa shape index (κ2) is 7.84. The molecule has 1 aliphatic heterocycles. The average Bonchev–Trinajstić information content (AvgIpc) is 2.84. The summed E-state index contributed by atoms with van der Waals surface area (Å²) in [4.78, 5) is 37.6. The average molecular weight is 353 g/mol. The van der Waals surface area contributed by atoms with Gasteiger partial charge in [0.1, 0.15) is 13.2 Å². The van der Waals surface area contributed by atoms with Crippen molar-refractivity contribution in [2.45, 2.75) is 0 Å². The van der Waals surface area contributed by atoms with Crippen LogP contribution in [-0.4, -0.2) is 65.9 Å². The highest BCUT2D eigenvalue weighted by Crippen LogP contribution is 2.47. The van der Waals surface area contributed by atoms with E-state index >= 15 is 0 Å². The molecular formula is C16H19NO8. The van der Waals surface area contributed by atoms with Crippen molar-refractivity contribution in [2.75, 3.05) is 53.1 Å². The number of anilines is 1. The Kier molecular flexibility index (Phi) is 5.81. The highest BCUT2D eigenvalue weighted by Gasteiger charge is 2.42. The van der Waals surface area contributed by atoms with Crippen LogP contribution in [0.4, 0.5) is 5.69 Å². The molecule has 0 N–H and O–H groups in total. The maximum Gasteiger partial charge on any atom is 0.326 e. The zero-order valence-corrected chi connectivity index (χ0v) is 14.4. The lowest BCUT2D eigenvalue weighted by molar-refractivity contribution is -0.143. The third kappa shape index (κ3) is 3.36. The van der Waals surface area contributed by atoms with Crippen LogP contribution >= 0.6 is 0 Å². The van der Waals surface area contributed by atoms with Crippen molar-refractivity contribution < 1.29 is 38.1 Å². The van der Waals surface area contributed by atoms with Gasteiger partial charge in [-0.05, 0) is 0 Å². The number of methoxy groups -OCH3 is 4. The summed E-state index contributed by atoms with van der Waals surface area (Å²) in [6, 6.07) is 1.45. The first-order valence-corrected chi connectivity index (χ1v) is 7.33. The fourth-order valence-corrected chi connectivity index (χ4v) is 2.49. The zero-order valence-electron chi connectivity index (χ0n) is 14.4. The van der Waals surface area contributed by atoms with E-state index in [0.29, 0.717) is 0 Å². The number of ether oxygens (including phenoxy) is 5. The number of fused-ring (bicyclic) bond motifs is 1. The molecule has 0 aromatic heterocycles. The highest BCUT2D eigenvalue weighted by molar-refractivity contribution is 6.53. The molecule has 2 rings (SSSR count). The van der Waals surface area contributed by atoms with Gasteiger partial charge in [0.05, 0.1) is 39.2 Å². The molecule has 25 heavy (non-hydrogen) atoms. The van der Waals surface area contributed by atoms with E-state index in [1.54, 1.807) is 0 Å². The minimum absolute atomic E-state index is 0.0230. The first-order valence-electron chi connectivity index (χ1n) is 7.33. The van der Waals surface area contributed by atoms with Crippen molar-refractivity contribution in [1.29, 1.82) is 0 Å². The molecule has 0 saturated carbocycles. The van der Waals surface area contributed by atoms with Crippen LogP contribution in [0.3, 0.4) is 0 Å². The number of hydrogen-bond acceptors (Lipinski definition) is 8. The number of amides is 1. The van der Waals surface area contributed by atoms with Gasteiger partial charge in [-0.1, -0.05) is 0 Å². The smallest absolute Gasteiger partial charge is 0.326 e. The van der Waals surface area contributed by atoms with Crippen molar-refractivity contribution in [3.05, 3.63) is 11.6 Å². The van der Waals surface area contributed by atoms with Gasteiger partial charge in [0.25, 0.3) is 11.7 Å². The number of carbonyl (C=O) groups is 3. The van der Waals surface area contributed by atoms with E-state index in [1.165, 1.54) is 34.5 Å². The number of rotatable bonds is 8. The maximum absolute atomic E-state index is 12.4. The standard InChI is InChI=1S/C16H19NO8/c1-21-5-6-25-11(18)8-17-9-7-10(22-2)14(23-3)15(24-4)12(9)13(19)16(17)20/h7H,5-6,8H2,1-4H3. The Hall–Kier alpha value is -2.81. The van der Waals surface area contributed by atoms with E-state index in [4.69, 9.17) is 23.7 Å². The minimum atomic E-state index is -0.854. The van der Waals surface area contributed by atoms with Gasteiger partial charge in [0.2, 0.25) is 5.75 Å². The molecule has 0 saturated heterocycles. The van der Waals surface area contributed by atoms with Crippen LogP contribution in [-0.2, 0) is 19.1 Å². The monoisotopic (exact) mass is 353 g/mol. The van der Waals surface area contributed by atoms with Crippen LogP contribution in [0.2, 0.25) is 0 Å². The first-order chi connectivity index (χ1) is 12.0. The zero-order chi connectivity index (χ0) is 18.6. The summed E-state index contributed by atoms with van der Waals surface area (Å²) in [6.07, 6.45) is 0. The summed E-state index contributed by atoms with van der Waals surface area (Å²) < 4.78 is 25.4. The Morgan fingerprint density at radius 2 is 1.68 bits per heavy atom. The fraction of sp³-hybridized carbons (Fsp3) is 0.438. The van der Waals surface area contributed by atoms with E-state index in [9.17, 15) is 14.4 Å². The topological polar surface area (TPSA) is 101 Å². The summed E-state index contributed by atoms with van der Waals surface area (Å²) in [5.74, 6) is -1.79. The number of nitrogens with zero attached hydrogens (tertiary/aromatic N) is 1. The Morgan fingerprint density at radius 3 is 2.24 bits per heavy atom. The van der Waals surface area contributed by atoms with E-state index in [2.05, 4.69) is 0 Å². The number of hydrogen-bond donors (Lipinski definition) is 0. The molecule has 1 amide bonds. The van der Waals surface area contributed by atoms with E-state index in [0.717, 1.165) is 4.90 Å². The van der Waals surface area contributed by atoms with Crippen LogP contribution in [0, 0.1) is 0 Å². The third-order valence-electron chi connectivity index (χ3n) is 3.60. The van der Waals surface area contributed by atoms with Crippen LogP contribution in [0.5, 0.6) is 17.2 Å². The van der Waals surface area contributed by atoms with Gasteiger partial charge >= 0.3 is 5.97 Å². The number of Topliss-reactive ketones (excluding diaryl/α,β-unsaturated/α-hetero) is 1. The largest absolute Gasteiger partial charge is 0.493 e. The fourth-order valence-electron chi connectivity index (χ4n) is 2.49. The predicted octanol–water partition coefficient (Wildman–Crippen LogP) is 0.431. The molecule has 1 aliphatic rings. The molecule has 0 aliphatic carbocycles. The summed E-state index contributed by atoms with van der Waals surface area (Å²) >= 11 is 0. The van der Waals surface area contributed by atoms with Crippen LogP contribution in [0.15, 0.2) is 6.07 Å². The molecule has 9 heteroatoms. The van der Waals surface area contributed by atoms with Gasteiger partial charge in [0, 0.05) is 13.2 Å². The SMILES string of the molecule is COCCOC(=O)CN1C(=O)C(=O)c2c1cc(OC)c(OC)c2OC. The van der Waals surface area contributed by atoms with Gasteiger partial charge in [-0.25, -0.2) is 0 Å². The first kappa shape index (κ1) is 18.5. The molecule has 1 heterocycles. The van der Waals surface area contributed by atoms with Crippen molar-refractivity contribution in [3.8, 4) is 17.2 Å². The summed E-state index contributed by atoms with van der Waals surface area (Å²) in [5.41, 5.74) is 0.225. The molecule has 0 spiro atoms. The molecule has 0 radical (unpaired) electrons. The van der Waals surface area contributed by atoms with Crippen molar-refractivity contribution in [2.24, 2.45) is 0 Å². The lowest BCUT2D eigenvalue weighted by Crippen LogP contribution is -2.35. The molecule has 0 bridgehead atoms. The molecule has 0 atom stereocenters. The van der Waals surface area contributed by atoms with Gasteiger partial charge in [-0.2, -0.15) is 0 Å². The molecule has 9 nitrogen and oxygen atoms in total. The highest BCUT2D eigenvalue weighted by atomic mass is 16.6. The number of ketones is 1. The molecule has 1 aromatic rings. The lowest BCUT2D eigenvalue weighted by atomic mass is 10.1. The van der Waals surface area contributed by atoms with E-state index < -0.39 is 24.2 Å².